The molecule has 4 amide bonds. The van der Waals surface area contributed by atoms with Gasteiger partial charge in [0, 0.05) is 81.6 Å². The molecule has 0 spiro atoms. The van der Waals surface area contributed by atoms with Crippen molar-refractivity contribution in [2.75, 3.05) is 32.7 Å². The molecule has 0 saturated carbocycles. The van der Waals surface area contributed by atoms with E-state index in [0.29, 0.717) is 35.6 Å². The Balaban J connectivity index is 1.55. The number of nitrogens with one attached hydrogen (secondary N) is 4. The smallest absolute Gasteiger partial charge is 0.478 e. The monoisotopic (exact) mass is 1250 g/mol. The Bertz CT molecular complexity index is 3060. The van der Waals surface area contributed by atoms with Gasteiger partial charge in [-0.05, 0) is 216 Å². The normalized spacial score (nSPS) is 12.5. The second-order valence-corrected chi connectivity index (χ2v) is 25.4. The summed E-state index contributed by atoms with van der Waals surface area (Å²) in [7, 11) is -9.05. The Morgan fingerprint density at radius 1 is 0.368 bits per heavy atom. The second-order valence-electron chi connectivity index (χ2n) is 21.6. The maximum Gasteiger partial charge on any atom is 0.750 e. The van der Waals surface area contributed by atoms with Gasteiger partial charge in [0.05, 0.1) is 11.4 Å². The van der Waals surface area contributed by atoms with Crippen molar-refractivity contribution >= 4 is 75.8 Å². The number of carbonyl (C=O) groups excluding carboxylic acids is 4. The molecule has 0 unspecified atom stereocenters. The predicted molar refractivity (Wildman–Crippen MR) is 322 cm³/mol. The summed E-state index contributed by atoms with van der Waals surface area (Å²) in [5.74, 6) is -4.16. The lowest BCUT2D eigenvalue weighted by Crippen LogP contribution is -2.56. The number of nitrogen functional groups attached to an aromatic ring is 2. The summed E-state index contributed by atoms with van der Waals surface area (Å²) in [5, 5.41) is 10.2. The number of carbonyl (C=O) groups is 4. The largest absolute Gasteiger partial charge is 0.750 e. The number of halogens is 6. The zero-order valence-corrected chi connectivity index (χ0v) is 52.0. The predicted octanol–water partition coefficient (Wildman–Crippen LogP) is 13.4. The van der Waals surface area contributed by atoms with Gasteiger partial charge in [-0.2, -0.15) is 26.3 Å². The van der Waals surface area contributed by atoms with Crippen molar-refractivity contribution in [1.29, 1.82) is 0 Å². The number of hydrogen-bond donors (Lipinski definition) is 6. The van der Waals surface area contributed by atoms with E-state index in [1.807, 2.05) is 0 Å². The molecule has 6 aromatic carbocycles. The van der Waals surface area contributed by atoms with Crippen LogP contribution in [0.2, 0.25) is 0 Å². The Hall–Kier alpha value is -7.83. The highest BCUT2D eigenvalue weighted by molar-refractivity contribution is 6.55. The minimum atomic E-state index is -6.28. The van der Waals surface area contributed by atoms with E-state index in [2.05, 4.69) is 21.3 Å². The summed E-state index contributed by atoms with van der Waals surface area (Å²) >= 11 is 0. The van der Waals surface area contributed by atoms with E-state index >= 15 is 26.3 Å². The molecule has 0 radical (unpaired) electrons. The van der Waals surface area contributed by atoms with Crippen molar-refractivity contribution in [3.63, 3.8) is 0 Å². The fourth-order valence-corrected chi connectivity index (χ4v) is 13.6. The number of alkyl halides is 6. The summed E-state index contributed by atoms with van der Waals surface area (Å²) in [4.78, 5) is 54.6. The quantitative estimate of drug-likeness (QED) is 0.0168. The molecular weight excluding hydrogens is 1180 g/mol. The second kappa shape index (κ2) is 28.3. The first kappa shape index (κ1) is 68.3. The lowest BCUT2D eigenvalue weighted by Gasteiger charge is -2.39. The van der Waals surface area contributed by atoms with Crippen molar-refractivity contribution in [3.8, 4) is 11.5 Å². The number of anilines is 6. The van der Waals surface area contributed by atoms with Gasteiger partial charge in [0.25, 0.3) is 23.6 Å². The first-order valence-electron chi connectivity index (χ1n) is 27.7. The summed E-state index contributed by atoms with van der Waals surface area (Å²) < 4.78 is 149. The molecule has 0 aliphatic heterocycles. The average Bonchev–Trinajstić information content (AvgIpc) is 0.858. The van der Waals surface area contributed by atoms with Crippen LogP contribution in [0.25, 0.3) is 0 Å². The van der Waals surface area contributed by atoms with Crippen LogP contribution in [0.15, 0.2) is 133 Å². The average molecular weight is 1250 g/mol. The zero-order chi connectivity index (χ0) is 64.4. The summed E-state index contributed by atoms with van der Waals surface area (Å²) in [5.41, 5.74) is 3.58. The van der Waals surface area contributed by atoms with Crippen molar-refractivity contribution in [2.45, 2.75) is 137 Å². The number of hydrogen-bond acceptors (Lipinski definition) is 14. The van der Waals surface area contributed by atoms with E-state index in [-0.39, 0.29) is 33.6 Å². The minimum Gasteiger partial charge on any atom is -0.478 e. The Kier molecular flexibility index (Phi) is 22.2. The third kappa shape index (κ3) is 17.7. The summed E-state index contributed by atoms with van der Waals surface area (Å²) in [6.45, 7) is 19.5. The molecule has 0 fully saturated rings. The molecule has 0 atom stereocenters. The highest BCUT2D eigenvalue weighted by Gasteiger charge is 2.73. The van der Waals surface area contributed by atoms with Gasteiger partial charge < -0.3 is 68.1 Å². The molecule has 468 valence electrons. The molecule has 0 heterocycles. The van der Waals surface area contributed by atoms with Crippen LogP contribution in [0.1, 0.15) is 136 Å². The van der Waals surface area contributed by atoms with Gasteiger partial charge in [0.15, 0.2) is 0 Å². The topological polar surface area (TPSA) is 242 Å². The van der Waals surface area contributed by atoms with Crippen molar-refractivity contribution in [2.24, 2.45) is 0 Å². The fraction of sp³-hybridized carbons (Fsp3) is 0.344. The lowest BCUT2D eigenvalue weighted by molar-refractivity contribution is -0.288. The van der Waals surface area contributed by atoms with Crippen molar-refractivity contribution < 1.29 is 80.9 Å². The third-order valence-corrected chi connectivity index (χ3v) is 17.6. The highest BCUT2D eigenvalue weighted by atomic mass is 28.4. The molecule has 0 saturated heterocycles. The van der Waals surface area contributed by atoms with E-state index in [1.54, 1.807) is 83.1 Å². The van der Waals surface area contributed by atoms with Crippen molar-refractivity contribution in [1.82, 2.24) is 0 Å². The highest BCUT2D eigenvalue weighted by Crippen LogP contribution is 2.58. The van der Waals surface area contributed by atoms with Gasteiger partial charge in [-0.3, -0.25) is 19.2 Å². The van der Waals surface area contributed by atoms with E-state index in [1.165, 1.54) is 97.1 Å². The van der Waals surface area contributed by atoms with Crippen LogP contribution in [-0.2, 0) is 32.0 Å². The molecule has 6 rings (SSSR count). The number of nitrogens with two attached hydrogens (primary N) is 2. The van der Waals surface area contributed by atoms with Crippen LogP contribution in [0.4, 0.5) is 60.5 Å². The summed E-state index contributed by atoms with van der Waals surface area (Å²) in [6.07, 6.45) is -16.6. The molecule has 8 N–H and O–H groups in total. The Morgan fingerprint density at radius 2 is 0.609 bits per heavy atom. The molecule has 0 aliphatic carbocycles. The van der Waals surface area contributed by atoms with E-state index < -0.39 is 130 Å². The fourth-order valence-electron chi connectivity index (χ4n) is 8.67. The van der Waals surface area contributed by atoms with Gasteiger partial charge in [-0.1, -0.05) is 12.1 Å². The maximum atomic E-state index is 16.5. The Morgan fingerprint density at radius 3 is 0.851 bits per heavy atom. The zero-order valence-electron chi connectivity index (χ0n) is 50.0. The Labute approximate surface area is 503 Å². The van der Waals surface area contributed by atoms with Crippen LogP contribution in [0.3, 0.4) is 0 Å². The SMILES string of the molecule is CC(C)O[Si](Oc1ccc(C(c2ccc(O[Si](OC(C)C)(OC(C)C)OC(C)C)c(NC(=O)c3ccc(NC(=O)c4ccc(N)cc4)cc3)c2)(C(F)(F)F)C(F)(F)F)cc1NC(=O)c1ccc(NC(=O)c2ccc(N)cc2)cc1)(OC(C)C)OC(C)C. The minimum absolute atomic E-state index is 0.161. The molecular formula is C61H72F6N6O12Si2. The van der Waals surface area contributed by atoms with Gasteiger partial charge in [-0.25, -0.2) is 0 Å². The first-order valence-corrected chi connectivity index (χ1v) is 30.9. The number of rotatable bonds is 26. The van der Waals surface area contributed by atoms with Crippen LogP contribution in [0, 0.1) is 0 Å². The molecule has 0 bridgehead atoms. The third-order valence-electron chi connectivity index (χ3n) is 12.1. The van der Waals surface area contributed by atoms with Crippen LogP contribution in [0.5, 0.6) is 11.5 Å². The van der Waals surface area contributed by atoms with E-state index in [0.717, 1.165) is 12.1 Å². The number of benzene rings is 6. The van der Waals surface area contributed by atoms with Crippen LogP contribution in [-0.4, -0.2) is 90.7 Å². The van der Waals surface area contributed by atoms with E-state index in [9.17, 15) is 19.2 Å². The molecule has 0 aromatic heterocycles. The molecule has 26 heteroatoms. The van der Waals surface area contributed by atoms with Gasteiger partial charge in [0.2, 0.25) is 5.41 Å². The number of amides is 4. The molecule has 0 aliphatic rings. The van der Waals surface area contributed by atoms with Crippen molar-refractivity contribution in [3.05, 3.63) is 167 Å². The van der Waals surface area contributed by atoms with E-state index in [4.69, 9.17) is 46.9 Å². The molecule has 6 aromatic rings. The van der Waals surface area contributed by atoms with Crippen LogP contribution >= 0.6 is 0 Å². The van der Waals surface area contributed by atoms with Gasteiger partial charge in [0.1, 0.15) is 11.5 Å². The first-order chi connectivity index (χ1) is 40.6. The lowest BCUT2D eigenvalue weighted by atomic mass is 9.72. The van der Waals surface area contributed by atoms with Gasteiger partial charge >= 0.3 is 30.4 Å². The molecule has 87 heavy (non-hydrogen) atoms. The standard InChI is InChI=1S/C61H72F6N6O12Si2/c1-35(2)78-86(79-36(3)4,80-37(5)6)84-53-31-21-45(33-51(53)72-57(76)43-17-27-49(28-18-43)70-55(74)41-13-23-47(68)24-14-41)59(60(62,63)64,61(65,66)67)46-22-32-54(85-87(81-38(7)8,82-39(9)10)83-40(11)12)52(34-46)73-58(77)44-19-29-50(30-20-44)71-56(75)42-15-25-48(69)26-16-42/h13-40H,68-69H2,1-12H3,(H,70,74)(H,71,75)(H,72,76)(H,73,77). The molecule has 18 nitrogen and oxygen atoms in total. The maximum absolute atomic E-state index is 16.5. The van der Waals surface area contributed by atoms with Gasteiger partial charge in [-0.15, -0.1) is 0 Å². The summed E-state index contributed by atoms with van der Waals surface area (Å²) in [6, 6.07) is 26.1. The van der Waals surface area contributed by atoms with Crippen LogP contribution < -0.4 is 41.6 Å².